The molecule has 4 nitrogen and oxygen atoms in total. The van der Waals surface area contributed by atoms with E-state index in [1.165, 1.54) is 32.4 Å². The molecule has 1 fully saturated rings. The van der Waals surface area contributed by atoms with Crippen molar-refractivity contribution in [3.8, 4) is 0 Å². The van der Waals surface area contributed by atoms with Gasteiger partial charge in [0, 0.05) is 7.05 Å². The van der Waals surface area contributed by atoms with Gasteiger partial charge in [0.2, 0.25) is 0 Å². The van der Waals surface area contributed by atoms with Crippen LogP contribution in [0.3, 0.4) is 0 Å². The van der Waals surface area contributed by atoms with Crippen LogP contribution in [0.5, 0.6) is 0 Å². The second-order valence-corrected chi connectivity index (χ2v) is 4.06. The quantitative estimate of drug-likeness (QED) is 0.707. The predicted octanol–water partition coefficient (Wildman–Crippen LogP) is 1.11. The Morgan fingerprint density at radius 1 is 1.14 bits per heavy atom. The van der Waals surface area contributed by atoms with Gasteiger partial charge in [0.25, 0.3) is 0 Å². The zero-order valence-electron chi connectivity index (χ0n) is 9.03. The fourth-order valence-electron chi connectivity index (χ4n) is 1.91. The molecule has 78 valence electrons. The molecule has 2 rings (SSSR count). The van der Waals surface area contributed by atoms with Crippen molar-refractivity contribution < 1.29 is 0 Å². The molecule has 1 aliphatic rings. The first-order valence-electron chi connectivity index (χ1n) is 5.34. The van der Waals surface area contributed by atoms with Crippen molar-refractivity contribution in [2.24, 2.45) is 7.05 Å². The summed E-state index contributed by atoms with van der Waals surface area (Å²) < 4.78 is 2.08. The Labute approximate surface area is 84.9 Å². The van der Waals surface area contributed by atoms with Gasteiger partial charge in [-0.2, -0.15) is 0 Å². The Balaban J connectivity index is 1.99. The summed E-state index contributed by atoms with van der Waals surface area (Å²) in [6.45, 7) is 5.38. The number of aryl methyl sites for hydroxylation is 1. The minimum atomic E-state index is 0.956. The third kappa shape index (κ3) is 1.95. The van der Waals surface area contributed by atoms with E-state index in [2.05, 4.69) is 19.7 Å². The van der Waals surface area contributed by atoms with Gasteiger partial charge in [0.15, 0.2) is 0 Å². The molecule has 1 aromatic heterocycles. The average Bonchev–Trinajstić information content (AvgIpc) is 2.52. The molecule has 0 amide bonds. The Morgan fingerprint density at radius 3 is 2.43 bits per heavy atom. The molecule has 0 bridgehead atoms. The molecule has 2 heterocycles. The second-order valence-electron chi connectivity index (χ2n) is 4.06. The first-order chi connectivity index (χ1) is 6.77. The van der Waals surface area contributed by atoms with Crippen LogP contribution in [-0.2, 0) is 13.6 Å². The zero-order chi connectivity index (χ0) is 9.97. The van der Waals surface area contributed by atoms with Gasteiger partial charge in [0.05, 0.1) is 6.54 Å². The van der Waals surface area contributed by atoms with Crippen LogP contribution in [0.1, 0.15) is 30.9 Å². The number of hydrogen-bond donors (Lipinski definition) is 0. The van der Waals surface area contributed by atoms with Crippen LogP contribution in [0, 0.1) is 6.92 Å². The molecule has 14 heavy (non-hydrogen) atoms. The molecular weight excluding hydrogens is 176 g/mol. The average molecular weight is 194 g/mol. The number of aromatic nitrogens is 3. The molecule has 1 aliphatic heterocycles. The van der Waals surface area contributed by atoms with Gasteiger partial charge in [-0.3, -0.25) is 4.90 Å². The zero-order valence-corrected chi connectivity index (χ0v) is 9.03. The van der Waals surface area contributed by atoms with Gasteiger partial charge < -0.3 is 4.57 Å². The van der Waals surface area contributed by atoms with Crippen molar-refractivity contribution >= 4 is 0 Å². The summed E-state index contributed by atoms with van der Waals surface area (Å²) in [6, 6.07) is 0. The fourth-order valence-corrected chi connectivity index (χ4v) is 1.91. The topological polar surface area (TPSA) is 34.0 Å². The summed E-state index contributed by atoms with van der Waals surface area (Å²) >= 11 is 0. The van der Waals surface area contributed by atoms with Crippen LogP contribution in [0.25, 0.3) is 0 Å². The molecule has 1 saturated heterocycles. The van der Waals surface area contributed by atoms with Crippen LogP contribution >= 0.6 is 0 Å². The van der Waals surface area contributed by atoms with E-state index in [0.717, 1.165) is 18.2 Å². The molecular formula is C10H18N4. The molecule has 0 atom stereocenters. The summed E-state index contributed by atoms with van der Waals surface area (Å²) in [6.07, 6.45) is 4.04. The first-order valence-corrected chi connectivity index (χ1v) is 5.34. The largest absolute Gasteiger partial charge is 0.317 e. The van der Waals surface area contributed by atoms with Gasteiger partial charge in [-0.1, -0.05) is 6.42 Å². The number of likely N-dealkylation sites (tertiary alicyclic amines) is 1. The van der Waals surface area contributed by atoms with E-state index < -0.39 is 0 Å². The van der Waals surface area contributed by atoms with E-state index in [9.17, 15) is 0 Å². The van der Waals surface area contributed by atoms with E-state index in [-0.39, 0.29) is 0 Å². The Morgan fingerprint density at radius 2 is 1.86 bits per heavy atom. The van der Waals surface area contributed by atoms with Gasteiger partial charge in [-0.15, -0.1) is 10.2 Å². The van der Waals surface area contributed by atoms with Crippen LogP contribution in [0.4, 0.5) is 0 Å². The summed E-state index contributed by atoms with van der Waals surface area (Å²) in [5, 5.41) is 8.25. The summed E-state index contributed by atoms with van der Waals surface area (Å²) in [4.78, 5) is 2.47. The van der Waals surface area contributed by atoms with Crippen LogP contribution in [0.15, 0.2) is 0 Å². The lowest BCUT2D eigenvalue weighted by atomic mass is 10.1. The van der Waals surface area contributed by atoms with Gasteiger partial charge >= 0.3 is 0 Å². The molecule has 1 aromatic rings. The maximum absolute atomic E-state index is 4.18. The molecule has 0 unspecified atom stereocenters. The molecule has 0 aromatic carbocycles. The molecule has 4 heteroatoms. The predicted molar refractivity (Wildman–Crippen MR) is 54.9 cm³/mol. The molecule has 0 aliphatic carbocycles. The van der Waals surface area contributed by atoms with Crippen molar-refractivity contribution in [3.05, 3.63) is 11.6 Å². The summed E-state index contributed by atoms with van der Waals surface area (Å²) in [5.74, 6) is 2.08. The van der Waals surface area contributed by atoms with E-state index in [0.29, 0.717) is 0 Å². The Kier molecular flexibility index (Phi) is 2.82. The molecule has 0 spiro atoms. The molecule has 0 saturated carbocycles. The smallest absolute Gasteiger partial charge is 0.146 e. The first kappa shape index (κ1) is 9.65. The van der Waals surface area contributed by atoms with Crippen LogP contribution < -0.4 is 0 Å². The fraction of sp³-hybridized carbons (Fsp3) is 0.800. The normalized spacial score (nSPS) is 18.7. The van der Waals surface area contributed by atoms with Gasteiger partial charge in [-0.05, 0) is 32.9 Å². The Hall–Kier alpha value is -0.900. The minimum absolute atomic E-state index is 0.956. The summed E-state index contributed by atoms with van der Waals surface area (Å²) in [5.41, 5.74) is 0. The number of nitrogens with zero attached hydrogens (tertiary/aromatic N) is 4. The van der Waals surface area contributed by atoms with E-state index in [1.807, 2.05) is 14.0 Å². The lowest BCUT2D eigenvalue weighted by Crippen LogP contribution is -2.30. The van der Waals surface area contributed by atoms with Gasteiger partial charge in [0.1, 0.15) is 11.6 Å². The lowest BCUT2D eigenvalue weighted by molar-refractivity contribution is 0.213. The van der Waals surface area contributed by atoms with E-state index in [4.69, 9.17) is 0 Å². The lowest BCUT2D eigenvalue weighted by Gasteiger charge is -2.25. The van der Waals surface area contributed by atoms with Crippen molar-refractivity contribution in [2.75, 3.05) is 13.1 Å². The second kappa shape index (κ2) is 4.09. The molecule has 0 radical (unpaired) electrons. The number of rotatable bonds is 2. The van der Waals surface area contributed by atoms with Crippen molar-refractivity contribution in [2.45, 2.75) is 32.7 Å². The highest BCUT2D eigenvalue weighted by Gasteiger charge is 2.13. The minimum Gasteiger partial charge on any atom is -0.317 e. The Bertz CT molecular complexity index is 299. The number of hydrogen-bond acceptors (Lipinski definition) is 3. The van der Waals surface area contributed by atoms with Gasteiger partial charge in [-0.25, -0.2) is 0 Å². The SMILES string of the molecule is Cc1nnc(CN2CCCCC2)n1C. The number of piperidine rings is 1. The van der Waals surface area contributed by atoms with Crippen LogP contribution in [-0.4, -0.2) is 32.8 Å². The standard InChI is InChI=1S/C10H18N4/c1-9-11-12-10(13(9)2)8-14-6-4-3-5-7-14/h3-8H2,1-2H3. The van der Waals surface area contributed by atoms with Crippen molar-refractivity contribution in [3.63, 3.8) is 0 Å². The highest BCUT2D eigenvalue weighted by molar-refractivity contribution is 4.92. The monoisotopic (exact) mass is 194 g/mol. The highest BCUT2D eigenvalue weighted by Crippen LogP contribution is 2.11. The highest BCUT2D eigenvalue weighted by atomic mass is 15.3. The van der Waals surface area contributed by atoms with Crippen LogP contribution in [0.2, 0.25) is 0 Å². The third-order valence-corrected chi connectivity index (χ3v) is 3.00. The molecule has 0 N–H and O–H groups in total. The third-order valence-electron chi connectivity index (χ3n) is 3.00. The summed E-state index contributed by atoms with van der Waals surface area (Å²) in [7, 11) is 2.04. The van der Waals surface area contributed by atoms with Crippen molar-refractivity contribution in [1.82, 2.24) is 19.7 Å². The maximum atomic E-state index is 4.18. The van der Waals surface area contributed by atoms with E-state index in [1.54, 1.807) is 0 Å². The maximum Gasteiger partial charge on any atom is 0.146 e. The van der Waals surface area contributed by atoms with Crippen molar-refractivity contribution in [1.29, 1.82) is 0 Å². The van der Waals surface area contributed by atoms with E-state index >= 15 is 0 Å².